The predicted octanol–water partition coefficient (Wildman–Crippen LogP) is 1.90. The lowest BCUT2D eigenvalue weighted by Gasteiger charge is -2.25. The zero-order valence-corrected chi connectivity index (χ0v) is 18.6. The van der Waals surface area contributed by atoms with Crippen LogP contribution in [-0.4, -0.2) is 45.1 Å². The number of quaternary nitrogens is 1. The van der Waals surface area contributed by atoms with Gasteiger partial charge in [-0.2, -0.15) is 0 Å². The van der Waals surface area contributed by atoms with Gasteiger partial charge in [0, 0.05) is 5.56 Å². The fourth-order valence-electron chi connectivity index (χ4n) is 3.02. The van der Waals surface area contributed by atoms with Crippen LogP contribution in [0.5, 0.6) is 5.75 Å². The second-order valence-electron chi connectivity index (χ2n) is 7.54. The minimum Gasteiger partial charge on any atom is -0.494 e. The van der Waals surface area contributed by atoms with Crippen LogP contribution in [0.3, 0.4) is 0 Å². The summed E-state index contributed by atoms with van der Waals surface area (Å²) < 4.78 is 5.41. The molecule has 1 heterocycles. The monoisotopic (exact) mass is 418 g/mol. The van der Waals surface area contributed by atoms with Gasteiger partial charge in [0.25, 0.3) is 5.91 Å². The Balaban J connectivity index is 2.00. The summed E-state index contributed by atoms with van der Waals surface area (Å²) in [6.45, 7) is 6.85. The standard InChI is InChI=1S/C22H31N3O3S/c1-6-28-17-11-9-16(10-12-17)21(26)24-20(15(2)3)22(27)23-14-18(25(4)5)19-8-7-13-29-19/h7-13,15,18,20H,6,14H2,1-5H3,(H,23,27)(H,24,26)/p+1/t18-,20-/m0/s1. The van der Waals surface area contributed by atoms with Gasteiger partial charge in [0.1, 0.15) is 17.8 Å². The summed E-state index contributed by atoms with van der Waals surface area (Å²) in [5.41, 5.74) is 0.501. The minimum atomic E-state index is -0.602. The fourth-order valence-corrected chi connectivity index (χ4v) is 3.97. The molecule has 29 heavy (non-hydrogen) atoms. The van der Waals surface area contributed by atoms with E-state index in [-0.39, 0.29) is 23.8 Å². The summed E-state index contributed by atoms with van der Waals surface area (Å²) in [4.78, 5) is 27.9. The third kappa shape index (κ3) is 6.58. The van der Waals surface area contributed by atoms with Gasteiger partial charge < -0.3 is 20.3 Å². The Morgan fingerprint density at radius 3 is 2.34 bits per heavy atom. The summed E-state index contributed by atoms with van der Waals surface area (Å²) >= 11 is 1.69. The van der Waals surface area contributed by atoms with Gasteiger partial charge in [-0.3, -0.25) is 9.59 Å². The lowest BCUT2D eigenvalue weighted by molar-refractivity contribution is -0.890. The van der Waals surface area contributed by atoms with Crippen molar-refractivity contribution < 1.29 is 19.2 Å². The number of carbonyl (C=O) groups excluding carboxylic acids is 2. The first-order valence-corrected chi connectivity index (χ1v) is 10.9. The number of amides is 2. The second kappa shape index (κ2) is 11.0. The van der Waals surface area contributed by atoms with Crippen LogP contribution in [0.1, 0.15) is 42.0 Å². The molecule has 2 aromatic rings. The molecule has 0 aliphatic rings. The van der Waals surface area contributed by atoms with Gasteiger partial charge in [0.05, 0.1) is 32.1 Å². The van der Waals surface area contributed by atoms with Crippen molar-refractivity contribution in [1.29, 1.82) is 0 Å². The van der Waals surface area contributed by atoms with Crippen LogP contribution >= 0.6 is 11.3 Å². The molecular weight excluding hydrogens is 386 g/mol. The summed E-state index contributed by atoms with van der Waals surface area (Å²) in [5, 5.41) is 7.95. The molecule has 0 radical (unpaired) electrons. The van der Waals surface area contributed by atoms with Crippen LogP contribution < -0.4 is 20.3 Å². The molecule has 0 spiro atoms. The number of hydrogen-bond acceptors (Lipinski definition) is 4. The highest BCUT2D eigenvalue weighted by Gasteiger charge is 2.27. The van der Waals surface area contributed by atoms with Crippen molar-refractivity contribution in [3.05, 3.63) is 52.2 Å². The molecule has 0 fully saturated rings. The van der Waals surface area contributed by atoms with E-state index in [0.717, 1.165) is 0 Å². The molecular formula is C22H32N3O3S+. The molecule has 2 atom stereocenters. The van der Waals surface area contributed by atoms with E-state index in [1.807, 2.05) is 32.2 Å². The largest absolute Gasteiger partial charge is 0.494 e. The van der Waals surface area contributed by atoms with Crippen LogP contribution in [0.15, 0.2) is 41.8 Å². The van der Waals surface area contributed by atoms with Crippen molar-refractivity contribution in [3.63, 3.8) is 0 Å². The van der Waals surface area contributed by atoms with Crippen LogP contribution in [0.4, 0.5) is 0 Å². The number of nitrogens with one attached hydrogen (secondary N) is 3. The van der Waals surface area contributed by atoms with Gasteiger partial charge >= 0.3 is 0 Å². The van der Waals surface area contributed by atoms with Crippen LogP contribution in [0.2, 0.25) is 0 Å². The first kappa shape index (κ1) is 22.9. The van der Waals surface area contributed by atoms with Gasteiger partial charge in [-0.05, 0) is 48.6 Å². The molecule has 1 aromatic heterocycles. The molecule has 158 valence electrons. The van der Waals surface area contributed by atoms with Crippen LogP contribution in [-0.2, 0) is 4.79 Å². The molecule has 2 amide bonds. The molecule has 0 aliphatic heterocycles. The van der Waals surface area contributed by atoms with Crippen molar-refractivity contribution in [3.8, 4) is 5.75 Å². The third-order valence-electron chi connectivity index (χ3n) is 4.73. The number of hydrogen-bond donors (Lipinski definition) is 3. The SMILES string of the molecule is CCOc1ccc(C(=O)N[C@H](C(=O)NC[C@@H](c2cccs2)[NH+](C)C)C(C)C)cc1. The number of rotatable bonds is 10. The predicted molar refractivity (Wildman–Crippen MR) is 117 cm³/mol. The van der Waals surface area contributed by atoms with E-state index in [0.29, 0.717) is 24.5 Å². The Morgan fingerprint density at radius 2 is 1.83 bits per heavy atom. The highest BCUT2D eigenvalue weighted by Crippen LogP contribution is 2.16. The maximum atomic E-state index is 12.8. The molecule has 6 nitrogen and oxygen atoms in total. The van der Waals surface area contributed by atoms with Crippen molar-refractivity contribution in [2.75, 3.05) is 27.2 Å². The Morgan fingerprint density at radius 1 is 1.14 bits per heavy atom. The Kier molecular flexibility index (Phi) is 8.67. The van der Waals surface area contributed by atoms with E-state index in [1.54, 1.807) is 35.6 Å². The zero-order valence-electron chi connectivity index (χ0n) is 17.8. The van der Waals surface area contributed by atoms with E-state index in [1.165, 1.54) is 9.78 Å². The molecule has 7 heteroatoms. The summed E-state index contributed by atoms with van der Waals surface area (Å²) in [6.07, 6.45) is 0. The molecule has 0 saturated heterocycles. The smallest absolute Gasteiger partial charge is 0.251 e. The van der Waals surface area contributed by atoms with Gasteiger partial charge in [-0.1, -0.05) is 19.9 Å². The van der Waals surface area contributed by atoms with E-state index in [4.69, 9.17) is 4.74 Å². The number of thiophene rings is 1. The van der Waals surface area contributed by atoms with E-state index >= 15 is 0 Å². The molecule has 0 unspecified atom stereocenters. The highest BCUT2D eigenvalue weighted by molar-refractivity contribution is 7.10. The summed E-state index contributed by atoms with van der Waals surface area (Å²) in [7, 11) is 4.15. The molecule has 0 bridgehead atoms. The topological polar surface area (TPSA) is 71.9 Å². The normalized spacial score (nSPS) is 13.2. The lowest BCUT2D eigenvalue weighted by Crippen LogP contribution is -3.07. The van der Waals surface area contributed by atoms with E-state index in [9.17, 15) is 9.59 Å². The fraction of sp³-hybridized carbons (Fsp3) is 0.455. The lowest BCUT2D eigenvalue weighted by atomic mass is 10.0. The molecule has 3 N–H and O–H groups in total. The highest BCUT2D eigenvalue weighted by atomic mass is 32.1. The van der Waals surface area contributed by atoms with Crippen molar-refractivity contribution >= 4 is 23.2 Å². The summed E-state index contributed by atoms with van der Waals surface area (Å²) in [5.74, 6) is 0.249. The van der Waals surface area contributed by atoms with Crippen LogP contribution in [0, 0.1) is 5.92 Å². The van der Waals surface area contributed by atoms with Gasteiger partial charge in [-0.25, -0.2) is 0 Å². The van der Waals surface area contributed by atoms with Gasteiger partial charge in [-0.15, -0.1) is 11.3 Å². The van der Waals surface area contributed by atoms with Gasteiger partial charge in [0.2, 0.25) is 5.91 Å². The Hall–Kier alpha value is -2.38. The molecule has 1 aromatic carbocycles. The van der Waals surface area contributed by atoms with Crippen molar-refractivity contribution in [2.45, 2.75) is 32.9 Å². The number of likely N-dealkylation sites (N-methyl/N-ethyl adjacent to an activating group) is 1. The average molecular weight is 419 g/mol. The summed E-state index contributed by atoms with van der Waals surface area (Å²) in [6, 6.07) is 10.6. The molecule has 0 saturated carbocycles. The first-order chi connectivity index (χ1) is 13.8. The van der Waals surface area contributed by atoms with Crippen molar-refractivity contribution in [1.82, 2.24) is 10.6 Å². The number of benzene rings is 1. The van der Waals surface area contributed by atoms with Crippen LogP contribution in [0.25, 0.3) is 0 Å². The Labute approximate surface area is 177 Å². The Bertz CT molecular complexity index is 773. The van der Waals surface area contributed by atoms with Gasteiger partial charge in [0.15, 0.2) is 0 Å². The zero-order chi connectivity index (χ0) is 21.4. The number of ether oxygens (including phenoxy) is 1. The van der Waals surface area contributed by atoms with E-state index < -0.39 is 6.04 Å². The maximum Gasteiger partial charge on any atom is 0.251 e. The quantitative estimate of drug-likeness (QED) is 0.552. The number of carbonyl (C=O) groups is 2. The molecule has 2 rings (SSSR count). The second-order valence-corrected chi connectivity index (χ2v) is 8.52. The maximum absolute atomic E-state index is 12.8. The minimum absolute atomic E-state index is 0.0338. The van der Waals surface area contributed by atoms with Crippen molar-refractivity contribution in [2.24, 2.45) is 5.92 Å². The average Bonchev–Trinajstić information content (AvgIpc) is 3.20. The van der Waals surface area contributed by atoms with E-state index in [2.05, 4.69) is 30.8 Å². The first-order valence-electron chi connectivity index (χ1n) is 9.98. The molecule has 0 aliphatic carbocycles. The third-order valence-corrected chi connectivity index (χ3v) is 5.71.